The van der Waals surface area contributed by atoms with Crippen LogP contribution in [0, 0.1) is 17.3 Å². The van der Waals surface area contributed by atoms with Crippen molar-refractivity contribution in [1.29, 1.82) is 0 Å². The first-order valence-electron chi connectivity index (χ1n) is 11.8. The highest BCUT2D eigenvalue weighted by atomic mass is 16.5. The van der Waals surface area contributed by atoms with E-state index in [9.17, 15) is 4.79 Å². The predicted molar refractivity (Wildman–Crippen MR) is 124 cm³/mol. The van der Waals surface area contributed by atoms with Gasteiger partial charge in [-0.1, -0.05) is 39.0 Å². The lowest BCUT2D eigenvalue weighted by Crippen LogP contribution is -2.39. The van der Waals surface area contributed by atoms with E-state index in [2.05, 4.69) is 43.1 Å². The van der Waals surface area contributed by atoms with Gasteiger partial charge in [-0.25, -0.2) is 0 Å². The molecule has 4 rings (SSSR count). The molecule has 5 heteroatoms. The van der Waals surface area contributed by atoms with Crippen molar-refractivity contribution in [2.75, 3.05) is 20.2 Å². The summed E-state index contributed by atoms with van der Waals surface area (Å²) in [6.07, 6.45) is 7.45. The molecule has 1 atom stereocenters. The summed E-state index contributed by atoms with van der Waals surface area (Å²) in [5.41, 5.74) is 4.57. The van der Waals surface area contributed by atoms with E-state index >= 15 is 0 Å². The quantitative estimate of drug-likeness (QED) is 0.732. The number of aromatic nitrogens is 2. The summed E-state index contributed by atoms with van der Waals surface area (Å²) in [6, 6.07) is 8.28. The SMILES string of the molecule is COc1ccccc1CCC1CCN(C(=O)c2n[nH]c3c2C[C@@H](C(C)(C)C)CC3)CC1. The fourth-order valence-electron chi connectivity index (χ4n) is 5.25. The van der Waals surface area contributed by atoms with Crippen LogP contribution in [0.5, 0.6) is 5.75 Å². The Bertz CT molecular complexity index is 904. The lowest BCUT2D eigenvalue weighted by Gasteiger charge is -2.34. The molecular formula is C26H37N3O2. The van der Waals surface area contributed by atoms with Gasteiger partial charge in [0.25, 0.3) is 5.91 Å². The van der Waals surface area contributed by atoms with Gasteiger partial charge in [0.1, 0.15) is 5.75 Å². The Labute approximate surface area is 186 Å². The lowest BCUT2D eigenvalue weighted by molar-refractivity contribution is 0.0678. The predicted octanol–water partition coefficient (Wildman–Crippen LogP) is 5.05. The van der Waals surface area contributed by atoms with Gasteiger partial charge in [0.05, 0.1) is 7.11 Å². The first kappa shape index (κ1) is 21.9. The summed E-state index contributed by atoms with van der Waals surface area (Å²) in [4.78, 5) is 15.3. The maximum Gasteiger partial charge on any atom is 0.274 e. The summed E-state index contributed by atoms with van der Waals surface area (Å²) >= 11 is 0. The van der Waals surface area contributed by atoms with Gasteiger partial charge >= 0.3 is 0 Å². The van der Waals surface area contributed by atoms with Gasteiger partial charge in [0, 0.05) is 24.3 Å². The Hall–Kier alpha value is -2.30. The number of H-pyrrole nitrogens is 1. The lowest BCUT2D eigenvalue weighted by atomic mass is 9.71. The standard InChI is InChI=1S/C26H37N3O2/c1-26(2,3)20-11-12-22-21(17-20)24(28-27-22)25(30)29-15-13-18(14-16-29)9-10-19-7-5-6-8-23(19)31-4/h5-8,18,20H,9-17H2,1-4H3,(H,27,28)/t20-/m0/s1. The number of aromatic amines is 1. The zero-order valence-electron chi connectivity index (χ0n) is 19.5. The van der Waals surface area contributed by atoms with Crippen LogP contribution in [0.2, 0.25) is 0 Å². The molecule has 5 nitrogen and oxygen atoms in total. The average Bonchev–Trinajstić information content (AvgIpc) is 3.20. The van der Waals surface area contributed by atoms with Crippen LogP contribution < -0.4 is 4.74 Å². The molecule has 31 heavy (non-hydrogen) atoms. The molecule has 2 aromatic rings. The number of benzene rings is 1. The highest BCUT2D eigenvalue weighted by Gasteiger charge is 2.34. The Morgan fingerprint density at radius 2 is 1.94 bits per heavy atom. The Balaban J connectivity index is 1.34. The van der Waals surface area contributed by atoms with Crippen molar-refractivity contribution in [3.8, 4) is 5.75 Å². The number of rotatable bonds is 5. The number of nitrogens with one attached hydrogen (secondary N) is 1. The third-order valence-electron chi connectivity index (χ3n) is 7.49. The molecule has 0 radical (unpaired) electrons. The van der Waals surface area contributed by atoms with Gasteiger partial charge in [0.2, 0.25) is 0 Å². The molecule has 0 unspecified atom stereocenters. The molecule has 1 aromatic heterocycles. The van der Waals surface area contributed by atoms with E-state index in [4.69, 9.17) is 4.74 Å². The van der Waals surface area contributed by atoms with Crippen molar-refractivity contribution >= 4 is 5.91 Å². The van der Waals surface area contributed by atoms with Crippen LogP contribution in [0.4, 0.5) is 0 Å². The average molecular weight is 424 g/mol. The van der Waals surface area contributed by atoms with Crippen LogP contribution in [-0.2, 0) is 19.3 Å². The number of fused-ring (bicyclic) bond motifs is 1. The van der Waals surface area contributed by atoms with Gasteiger partial charge in [-0.3, -0.25) is 9.89 Å². The van der Waals surface area contributed by atoms with E-state index < -0.39 is 0 Å². The maximum absolute atomic E-state index is 13.3. The third kappa shape index (κ3) is 4.81. The number of para-hydroxylation sites is 1. The number of carbonyl (C=O) groups is 1. The monoisotopic (exact) mass is 423 g/mol. The molecule has 0 spiro atoms. The van der Waals surface area contributed by atoms with Crippen LogP contribution in [0.15, 0.2) is 24.3 Å². The third-order valence-corrected chi connectivity index (χ3v) is 7.49. The number of likely N-dealkylation sites (tertiary alicyclic amines) is 1. The van der Waals surface area contributed by atoms with Crippen LogP contribution in [0.3, 0.4) is 0 Å². The zero-order valence-corrected chi connectivity index (χ0v) is 19.5. The smallest absolute Gasteiger partial charge is 0.274 e. The maximum atomic E-state index is 13.3. The number of hydrogen-bond acceptors (Lipinski definition) is 3. The molecule has 1 aliphatic heterocycles. The van der Waals surface area contributed by atoms with Crippen molar-refractivity contribution in [2.24, 2.45) is 17.3 Å². The molecule has 1 fully saturated rings. The van der Waals surface area contributed by atoms with E-state index in [0.29, 0.717) is 17.5 Å². The summed E-state index contributed by atoms with van der Waals surface area (Å²) in [7, 11) is 1.74. The van der Waals surface area contributed by atoms with Gasteiger partial charge in [0.15, 0.2) is 5.69 Å². The van der Waals surface area contributed by atoms with Crippen LogP contribution >= 0.6 is 0 Å². The number of amides is 1. The molecule has 1 N–H and O–H groups in total. The molecule has 0 saturated carbocycles. The minimum Gasteiger partial charge on any atom is -0.496 e. The first-order chi connectivity index (χ1) is 14.9. The number of methoxy groups -OCH3 is 1. The number of piperidine rings is 1. The molecule has 1 aliphatic carbocycles. The molecule has 1 aromatic carbocycles. The normalized spacial score (nSPS) is 19.9. The van der Waals surface area contributed by atoms with E-state index in [1.54, 1.807) is 7.11 Å². The van der Waals surface area contributed by atoms with Crippen molar-refractivity contribution in [1.82, 2.24) is 15.1 Å². The fraction of sp³-hybridized carbons (Fsp3) is 0.615. The summed E-state index contributed by atoms with van der Waals surface area (Å²) in [6.45, 7) is 8.58. The molecule has 0 bridgehead atoms. The molecule has 168 valence electrons. The van der Waals surface area contributed by atoms with E-state index in [-0.39, 0.29) is 11.3 Å². The fourth-order valence-corrected chi connectivity index (χ4v) is 5.25. The van der Waals surface area contributed by atoms with Gasteiger partial charge < -0.3 is 9.64 Å². The highest BCUT2D eigenvalue weighted by Crippen LogP contribution is 2.38. The second-order valence-electron chi connectivity index (χ2n) is 10.4. The molecule has 1 amide bonds. The molecule has 1 saturated heterocycles. The molecule has 2 aliphatic rings. The van der Waals surface area contributed by atoms with Crippen LogP contribution in [0.25, 0.3) is 0 Å². The van der Waals surface area contributed by atoms with Crippen LogP contribution in [0.1, 0.15) is 73.8 Å². The Morgan fingerprint density at radius 1 is 1.19 bits per heavy atom. The number of nitrogens with zero attached hydrogens (tertiary/aromatic N) is 2. The minimum atomic E-state index is 0.121. The van der Waals surface area contributed by atoms with Gasteiger partial charge in [-0.05, 0) is 73.8 Å². The van der Waals surface area contributed by atoms with E-state index in [0.717, 1.165) is 57.4 Å². The van der Waals surface area contributed by atoms with Crippen molar-refractivity contribution in [3.63, 3.8) is 0 Å². The second-order valence-corrected chi connectivity index (χ2v) is 10.4. The minimum absolute atomic E-state index is 0.121. The largest absolute Gasteiger partial charge is 0.496 e. The topological polar surface area (TPSA) is 58.2 Å². The second kappa shape index (κ2) is 9.05. The number of hydrogen-bond donors (Lipinski definition) is 1. The van der Waals surface area contributed by atoms with E-state index in [1.807, 2.05) is 17.0 Å². The molecule has 2 heterocycles. The summed E-state index contributed by atoms with van der Waals surface area (Å²) < 4.78 is 5.49. The number of carbonyl (C=O) groups excluding carboxylic acids is 1. The van der Waals surface area contributed by atoms with Gasteiger partial charge in [-0.2, -0.15) is 5.10 Å². The number of aryl methyl sites for hydroxylation is 2. The van der Waals surface area contributed by atoms with Crippen LogP contribution in [-0.4, -0.2) is 41.2 Å². The van der Waals surface area contributed by atoms with Gasteiger partial charge in [-0.15, -0.1) is 0 Å². The number of ether oxygens (including phenoxy) is 1. The Kier molecular flexibility index (Phi) is 6.40. The van der Waals surface area contributed by atoms with Crippen molar-refractivity contribution < 1.29 is 9.53 Å². The molecular weight excluding hydrogens is 386 g/mol. The van der Waals surface area contributed by atoms with Crippen molar-refractivity contribution in [3.05, 3.63) is 46.8 Å². The summed E-state index contributed by atoms with van der Waals surface area (Å²) in [5.74, 6) is 2.36. The zero-order chi connectivity index (χ0) is 22.0. The highest BCUT2D eigenvalue weighted by molar-refractivity contribution is 5.94. The summed E-state index contributed by atoms with van der Waals surface area (Å²) in [5, 5.41) is 7.64. The first-order valence-corrected chi connectivity index (χ1v) is 11.8. The van der Waals surface area contributed by atoms with Crippen molar-refractivity contribution in [2.45, 2.75) is 65.7 Å². The van der Waals surface area contributed by atoms with E-state index in [1.165, 1.54) is 23.2 Å². The Morgan fingerprint density at radius 3 is 2.65 bits per heavy atom.